The van der Waals surface area contributed by atoms with Crippen molar-refractivity contribution >= 4 is 5.78 Å². The van der Waals surface area contributed by atoms with Gasteiger partial charge in [0.15, 0.2) is 6.35 Å². The number of hydrogen-bond donors (Lipinski definition) is 2. The van der Waals surface area contributed by atoms with Crippen molar-refractivity contribution in [3.05, 3.63) is 0 Å². The van der Waals surface area contributed by atoms with Crippen molar-refractivity contribution in [2.45, 2.75) is 109 Å². The molecule has 160 valence electrons. The summed E-state index contributed by atoms with van der Waals surface area (Å²) >= 11 is 0. The van der Waals surface area contributed by atoms with Crippen LogP contribution in [0.1, 0.15) is 96.8 Å². The molecule has 0 aromatic rings. The van der Waals surface area contributed by atoms with E-state index in [0.29, 0.717) is 30.7 Å². The minimum absolute atomic E-state index is 0.116. The second-order valence-electron chi connectivity index (χ2n) is 10.5. The Morgan fingerprint density at radius 1 is 1.00 bits per heavy atom. The van der Waals surface area contributed by atoms with Gasteiger partial charge in [-0.05, 0) is 56.3 Å². The standard InChI is InChI=1S/C24H42N2O2/c1-24(15-6-10-18-8-2-4-12-20(18)24)22(27)14-16-25-23(28)26-17-7-11-19-9-3-5-13-21(19)26/h18-21,23,25,28H,2-17H2,1H3. The SMILES string of the molecule is CC1(C(=O)CCNC(O)N2CCCC3CCCCC32)CCCC2CCCCC21. The lowest BCUT2D eigenvalue weighted by Crippen LogP contribution is -2.56. The highest BCUT2D eigenvalue weighted by Crippen LogP contribution is 2.51. The van der Waals surface area contributed by atoms with Gasteiger partial charge in [-0.15, -0.1) is 0 Å². The first-order valence-electron chi connectivity index (χ1n) is 12.3. The molecular weight excluding hydrogens is 348 g/mol. The molecule has 0 spiro atoms. The van der Waals surface area contributed by atoms with Crippen LogP contribution in [0.25, 0.3) is 0 Å². The number of aliphatic hydroxyl groups excluding tert-OH is 1. The molecule has 6 atom stereocenters. The first-order valence-corrected chi connectivity index (χ1v) is 12.3. The average Bonchev–Trinajstić information content (AvgIpc) is 2.73. The Balaban J connectivity index is 1.28. The summed E-state index contributed by atoms with van der Waals surface area (Å²) in [4.78, 5) is 15.5. The first kappa shape index (κ1) is 20.8. The van der Waals surface area contributed by atoms with Gasteiger partial charge in [0.05, 0.1) is 0 Å². The summed E-state index contributed by atoms with van der Waals surface area (Å²) in [5.74, 6) is 2.60. The summed E-state index contributed by atoms with van der Waals surface area (Å²) in [7, 11) is 0. The van der Waals surface area contributed by atoms with Gasteiger partial charge < -0.3 is 5.11 Å². The smallest absolute Gasteiger partial charge is 0.163 e. The first-order chi connectivity index (χ1) is 13.6. The molecule has 4 fully saturated rings. The van der Waals surface area contributed by atoms with Crippen LogP contribution < -0.4 is 5.32 Å². The number of nitrogens with zero attached hydrogens (tertiary/aromatic N) is 1. The Bertz CT molecular complexity index is 535. The van der Waals surface area contributed by atoms with Crippen LogP contribution in [0.15, 0.2) is 0 Å². The van der Waals surface area contributed by atoms with Crippen molar-refractivity contribution in [1.29, 1.82) is 0 Å². The summed E-state index contributed by atoms with van der Waals surface area (Å²) in [6, 6.07) is 0.541. The zero-order valence-corrected chi connectivity index (χ0v) is 18.0. The van der Waals surface area contributed by atoms with Gasteiger partial charge >= 0.3 is 0 Å². The van der Waals surface area contributed by atoms with Gasteiger partial charge in [-0.2, -0.15) is 0 Å². The van der Waals surface area contributed by atoms with Crippen molar-refractivity contribution in [3.63, 3.8) is 0 Å². The minimum Gasteiger partial charge on any atom is -0.365 e. The summed E-state index contributed by atoms with van der Waals surface area (Å²) in [5.41, 5.74) is -0.116. The highest BCUT2D eigenvalue weighted by atomic mass is 16.3. The number of nitrogens with one attached hydrogen (secondary N) is 1. The van der Waals surface area contributed by atoms with Crippen LogP contribution >= 0.6 is 0 Å². The van der Waals surface area contributed by atoms with Crippen molar-refractivity contribution in [1.82, 2.24) is 10.2 Å². The van der Waals surface area contributed by atoms with Gasteiger partial charge in [0, 0.05) is 31.0 Å². The number of likely N-dealkylation sites (tertiary alicyclic amines) is 1. The van der Waals surface area contributed by atoms with E-state index >= 15 is 0 Å². The monoisotopic (exact) mass is 390 g/mol. The van der Waals surface area contributed by atoms with Crippen molar-refractivity contribution < 1.29 is 9.90 Å². The minimum atomic E-state index is -0.583. The van der Waals surface area contributed by atoms with Crippen molar-refractivity contribution in [3.8, 4) is 0 Å². The normalized spacial score (nSPS) is 40.4. The summed E-state index contributed by atoms with van der Waals surface area (Å²) in [6.07, 6.45) is 16.6. The van der Waals surface area contributed by atoms with Gasteiger partial charge in [0.25, 0.3) is 0 Å². The van der Waals surface area contributed by atoms with E-state index in [0.717, 1.165) is 24.8 Å². The van der Waals surface area contributed by atoms with E-state index in [1.807, 2.05) is 0 Å². The molecular formula is C24H42N2O2. The predicted molar refractivity (Wildman–Crippen MR) is 113 cm³/mol. The van der Waals surface area contributed by atoms with Gasteiger partial charge in [-0.1, -0.05) is 51.9 Å². The molecule has 3 saturated carbocycles. The summed E-state index contributed by atoms with van der Waals surface area (Å²) < 4.78 is 0. The van der Waals surface area contributed by atoms with E-state index in [1.165, 1.54) is 77.0 Å². The van der Waals surface area contributed by atoms with Gasteiger partial charge in [0.1, 0.15) is 5.78 Å². The molecule has 1 aliphatic heterocycles. The quantitative estimate of drug-likeness (QED) is 0.657. The van der Waals surface area contributed by atoms with Crippen LogP contribution in [-0.2, 0) is 4.79 Å². The Morgan fingerprint density at radius 2 is 1.68 bits per heavy atom. The molecule has 2 N–H and O–H groups in total. The van der Waals surface area contributed by atoms with Crippen LogP contribution in [0.4, 0.5) is 0 Å². The Morgan fingerprint density at radius 3 is 2.54 bits per heavy atom. The molecule has 3 aliphatic carbocycles. The topological polar surface area (TPSA) is 52.6 Å². The Kier molecular flexibility index (Phi) is 6.79. The Hall–Kier alpha value is -0.450. The maximum Gasteiger partial charge on any atom is 0.163 e. The Labute approximate surface area is 171 Å². The molecule has 28 heavy (non-hydrogen) atoms. The molecule has 0 aromatic heterocycles. The number of carbonyl (C=O) groups excluding carboxylic acids is 1. The lowest BCUT2D eigenvalue weighted by molar-refractivity contribution is -0.136. The molecule has 4 aliphatic rings. The number of ketones is 1. The van der Waals surface area contributed by atoms with Crippen molar-refractivity contribution in [2.24, 2.45) is 23.2 Å². The van der Waals surface area contributed by atoms with Crippen molar-refractivity contribution in [2.75, 3.05) is 13.1 Å². The predicted octanol–water partition coefficient (Wildman–Crippen LogP) is 4.46. The number of carbonyl (C=O) groups is 1. The molecule has 0 radical (unpaired) electrons. The number of fused-ring (bicyclic) bond motifs is 2. The third-order valence-corrected chi connectivity index (χ3v) is 8.91. The highest BCUT2D eigenvalue weighted by Gasteiger charge is 2.47. The molecule has 0 amide bonds. The van der Waals surface area contributed by atoms with Crippen LogP contribution in [-0.4, -0.2) is 41.3 Å². The van der Waals surface area contributed by atoms with Gasteiger partial charge in [0.2, 0.25) is 0 Å². The number of rotatable bonds is 6. The summed E-state index contributed by atoms with van der Waals surface area (Å²) in [6.45, 7) is 3.86. The molecule has 6 unspecified atom stereocenters. The van der Waals surface area contributed by atoms with E-state index in [4.69, 9.17) is 0 Å². The van der Waals surface area contributed by atoms with Crippen LogP contribution in [0.3, 0.4) is 0 Å². The zero-order chi connectivity index (χ0) is 19.6. The van der Waals surface area contributed by atoms with Gasteiger partial charge in [-0.3, -0.25) is 15.0 Å². The van der Waals surface area contributed by atoms with Crippen LogP contribution in [0, 0.1) is 23.2 Å². The fourth-order valence-electron chi connectivity index (χ4n) is 7.34. The number of Topliss-reactive ketones (excluding diaryl/α,β-unsaturated/α-hetero) is 1. The number of piperidine rings is 1. The summed E-state index contributed by atoms with van der Waals surface area (Å²) in [5, 5.41) is 14.1. The van der Waals surface area contributed by atoms with E-state index in [1.54, 1.807) is 0 Å². The molecule has 0 aromatic carbocycles. The maximum absolute atomic E-state index is 13.2. The highest BCUT2D eigenvalue weighted by molar-refractivity contribution is 5.85. The zero-order valence-electron chi connectivity index (χ0n) is 18.0. The molecule has 4 rings (SSSR count). The average molecular weight is 391 g/mol. The second kappa shape index (κ2) is 9.14. The largest absolute Gasteiger partial charge is 0.365 e. The lowest BCUT2D eigenvalue weighted by atomic mass is 9.56. The second-order valence-corrected chi connectivity index (χ2v) is 10.5. The fourth-order valence-corrected chi connectivity index (χ4v) is 7.34. The molecule has 1 saturated heterocycles. The van der Waals surface area contributed by atoms with Gasteiger partial charge in [-0.25, -0.2) is 0 Å². The van der Waals surface area contributed by atoms with E-state index < -0.39 is 6.35 Å². The van der Waals surface area contributed by atoms with Crippen LogP contribution in [0.5, 0.6) is 0 Å². The molecule has 0 bridgehead atoms. The fraction of sp³-hybridized carbons (Fsp3) is 0.958. The molecule has 4 heteroatoms. The molecule has 1 heterocycles. The lowest BCUT2D eigenvalue weighted by Gasteiger charge is -2.48. The third-order valence-electron chi connectivity index (χ3n) is 8.91. The van der Waals surface area contributed by atoms with E-state index in [2.05, 4.69) is 17.1 Å². The maximum atomic E-state index is 13.2. The van der Waals surface area contributed by atoms with E-state index in [-0.39, 0.29) is 5.41 Å². The number of hydrogen-bond acceptors (Lipinski definition) is 4. The molecule has 4 nitrogen and oxygen atoms in total. The van der Waals surface area contributed by atoms with Crippen LogP contribution in [0.2, 0.25) is 0 Å². The van der Waals surface area contributed by atoms with E-state index in [9.17, 15) is 9.90 Å². The third kappa shape index (κ3) is 4.20. The number of aliphatic hydroxyl groups is 1.